The number of aliphatic carboxylic acids is 1. The Labute approximate surface area is 413 Å². The highest BCUT2D eigenvalue weighted by Gasteiger charge is 2.60. The van der Waals surface area contributed by atoms with Gasteiger partial charge in [0.05, 0.1) is 61.4 Å². The number of esters is 1. The van der Waals surface area contributed by atoms with Crippen LogP contribution in [0.4, 0.5) is 0 Å². The van der Waals surface area contributed by atoms with Crippen LogP contribution in [0.2, 0.25) is 0 Å². The summed E-state index contributed by atoms with van der Waals surface area (Å²) in [4.78, 5) is 24.9. The molecule has 0 unspecified atom stereocenters. The molecular weight excluding hydrogens is 913 g/mol. The van der Waals surface area contributed by atoms with Gasteiger partial charge in [-0.1, -0.05) is 45.1 Å². The monoisotopic (exact) mass is 997 g/mol. The Bertz CT molecular complexity index is 1750. The van der Waals surface area contributed by atoms with Crippen LogP contribution in [0.25, 0.3) is 0 Å². The maximum absolute atomic E-state index is 13.9. The normalized spacial score (nSPS) is 46.4. The first-order chi connectivity index (χ1) is 33.4. The Kier molecular flexibility index (Phi) is 19.4. The zero-order valence-corrected chi connectivity index (χ0v) is 42.0. The quantitative estimate of drug-likeness (QED) is 0.124. The van der Waals surface area contributed by atoms with Gasteiger partial charge in [0.2, 0.25) is 0 Å². The van der Waals surface area contributed by atoms with Crippen molar-refractivity contribution in [2.24, 2.45) is 17.8 Å². The number of hydrogen-bond acceptors (Lipinski definition) is 17. The predicted octanol–water partition coefficient (Wildman–Crippen LogP) is 4.50. The third-order valence-electron chi connectivity index (χ3n) is 16.6. The van der Waals surface area contributed by atoms with Crippen LogP contribution in [-0.4, -0.2) is 171 Å². The van der Waals surface area contributed by atoms with Gasteiger partial charge in [0.1, 0.15) is 30.5 Å². The van der Waals surface area contributed by atoms with Crippen molar-refractivity contribution in [1.29, 1.82) is 0 Å². The number of hydrogen-bond donors (Lipinski definition) is 7. The van der Waals surface area contributed by atoms with Crippen molar-refractivity contribution in [2.45, 2.75) is 258 Å². The summed E-state index contributed by atoms with van der Waals surface area (Å²) in [5.74, 6) is -5.56. The third-order valence-corrected chi connectivity index (χ3v) is 16.6. The molecule has 70 heavy (non-hydrogen) atoms. The van der Waals surface area contributed by atoms with Crippen molar-refractivity contribution >= 4 is 11.9 Å². The number of aliphatic hydroxyl groups is 6. The Balaban J connectivity index is 1.13. The molecule has 3 spiro atoms. The number of allylic oxidation sites excluding steroid dienone is 2. The van der Waals surface area contributed by atoms with Gasteiger partial charge in [-0.05, 0) is 82.5 Å². The second-order valence-corrected chi connectivity index (χ2v) is 21.8. The van der Waals surface area contributed by atoms with Gasteiger partial charge >= 0.3 is 11.9 Å². The number of fused-ring (bicyclic) bond motifs is 6. The number of carboxylic acid groups (broad SMARTS) is 1. The van der Waals surface area contributed by atoms with Crippen LogP contribution < -0.4 is 0 Å². The van der Waals surface area contributed by atoms with E-state index in [4.69, 9.17) is 47.7 Å². The van der Waals surface area contributed by atoms with Crippen LogP contribution in [0, 0.1) is 17.8 Å². The smallest absolute Gasteiger partial charge is 0.332 e. The largest absolute Gasteiger partial charge is 0.479 e. The fourth-order valence-electron chi connectivity index (χ4n) is 12.2. The molecular formula is C52H84O18. The van der Waals surface area contributed by atoms with E-state index in [-0.39, 0.29) is 62.1 Å². The van der Waals surface area contributed by atoms with E-state index in [1.54, 1.807) is 26.4 Å². The first-order valence-corrected chi connectivity index (χ1v) is 26.3. The molecule has 0 radical (unpaired) electrons. The van der Waals surface area contributed by atoms with E-state index in [2.05, 4.69) is 6.92 Å². The van der Waals surface area contributed by atoms with Gasteiger partial charge in [-0.3, -0.25) is 4.79 Å². The topological polar surface area (TPSA) is 259 Å². The number of rotatable bonds is 9. The number of carboxylic acids is 1. The van der Waals surface area contributed by atoms with E-state index in [9.17, 15) is 40.2 Å². The molecule has 7 aliphatic heterocycles. The summed E-state index contributed by atoms with van der Waals surface area (Å²) in [6.07, 6.45) is 2.86. The van der Waals surface area contributed by atoms with Gasteiger partial charge in [0, 0.05) is 71.5 Å². The first kappa shape index (κ1) is 55.6. The highest BCUT2D eigenvalue weighted by Crippen LogP contribution is 2.53. The van der Waals surface area contributed by atoms with Crippen molar-refractivity contribution in [3.63, 3.8) is 0 Å². The molecule has 400 valence electrons. The predicted molar refractivity (Wildman–Crippen MR) is 251 cm³/mol. The molecule has 0 amide bonds. The zero-order chi connectivity index (χ0) is 50.4. The lowest BCUT2D eigenvalue weighted by Gasteiger charge is -2.53. The zero-order valence-electron chi connectivity index (χ0n) is 42.0. The van der Waals surface area contributed by atoms with Crippen molar-refractivity contribution < 1.29 is 88.0 Å². The fourth-order valence-corrected chi connectivity index (χ4v) is 12.2. The average molecular weight is 997 g/mol. The number of carbonyl (C=O) groups is 2. The molecule has 18 nitrogen and oxygen atoms in total. The molecule has 0 aromatic rings. The summed E-state index contributed by atoms with van der Waals surface area (Å²) in [5.41, 5.74) is 0. The molecule has 7 saturated heterocycles. The van der Waals surface area contributed by atoms with Crippen LogP contribution in [0.5, 0.6) is 0 Å². The maximum Gasteiger partial charge on any atom is 0.332 e. The molecule has 9 bridgehead atoms. The molecule has 7 rings (SSSR count). The maximum atomic E-state index is 13.9. The summed E-state index contributed by atoms with van der Waals surface area (Å²) in [6, 6.07) is 0. The van der Waals surface area contributed by atoms with Crippen molar-refractivity contribution in [3.05, 3.63) is 24.3 Å². The van der Waals surface area contributed by atoms with E-state index >= 15 is 0 Å². The number of aliphatic hydroxyl groups excluding tert-OH is 6. The third kappa shape index (κ3) is 13.6. The molecule has 7 N–H and O–H groups in total. The SMILES string of the molecule is CO[C@H]1C[C@H]2CC[C@H](C)[C@H](O)[C@H](O)[C@H]3O[C@]4(CC[C@@H]3OC)CC[C@H](C)[C@@H](C[C@@H](O)C[C@H](O)[C@H](O)[C@@H]3CCC[C@H](CC(=O)O[C@H]5C[C@@]6(O[C@H]5C/C=C/C/C=C\C[C@@H](O)C(=O)O)O[C@](CC[C@@H]6C)(C1)O2)O3)O4. The summed E-state index contributed by atoms with van der Waals surface area (Å²) < 4.78 is 58.8. The van der Waals surface area contributed by atoms with E-state index in [1.165, 1.54) is 0 Å². The second-order valence-electron chi connectivity index (χ2n) is 21.8. The molecule has 0 aromatic carbocycles. The molecule has 7 aliphatic rings. The first-order valence-electron chi connectivity index (χ1n) is 26.3. The minimum atomic E-state index is -1.48. The van der Waals surface area contributed by atoms with Crippen molar-refractivity contribution in [3.8, 4) is 0 Å². The van der Waals surface area contributed by atoms with Crippen LogP contribution in [-0.2, 0) is 52.2 Å². The Hall–Kier alpha value is -2.14. The number of ether oxygens (including phenoxy) is 9. The minimum Gasteiger partial charge on any atom is -0.479 e. The standard InChI is InChI=1S/C52H84O18/c1-30-18-21-50-23-20-41(63-5)48(69-50)47(59)45(57)31(2)16-17-35-26-36(62-4)28-51(66-35)22-19-32(3)52(70-51)29-43(39(68-52)14-10-8-6-7-9-13-37(54)49(60)61)65-44(56)27-34-12-11-15-40(64-34)46(58)38(55)24-33(53)25-42(30)67-50/h7-10,30-43,45-48,53-55,57-59H,6,11-29H2,1-5H3,(H,60,61)/b9-7-,10-8+/t30-,31-,32-,33-,34+,35+,36-,37+,38-,39-,40-,41-,42+,43-,45-,46-,47-,48-,50-,51+,52+/m0/s1. The molecule has 7 fully saturated rings. The average Bonchev–Trinajstić information content (AvgIpc) is 3.67. The lowest BCUT2D eigenvalue weighted by atomic mass is 9.81. The Morgan fingerprint density at radius 1 is 0.729 bits per heavy atom. The van der Waals surface area contributed by atoms with Gasteiger partial charge in [0.25, 0.3) is 0 Å². The molecule has 21 atom stereocenters. The summed E-state index contributed by atoms with van der Waals surface area (Å²) in [5, 5.41) is 76.3. The molecule has 0 aliphatic carbocycles. The van der Waals surface area contributed by atoms with Crippen molar-refractivity contribution in [1.82, 2.24) is 0 Å². The molecule has 0 saturated carbocycles. The summed E-state index contributed by atoms with van der Waals surface area (Å²) >= 11 is 0. The number of methoxy groups -OCH3 is 2. The molecule has 0 aromatic heterocycles. The van der Waals surface area contributed by atoms with Crippen LogP contribution in [0.3, 0.4) is 0 Å². The number of carbonyl (C=O) groups excluding carboxylic acids is 1. The van der Waals surface area contributed by atoms with E-state index in [1.807, 2.05) is 26.0 Å². The van der Waals surface area contributed by atoms with Gasteiger partial charge in [-0.25, -0.2) is 4.79 Å². The van der Waals surface area contributed by atoms with E-state index in [0.717, 1.165) is 6.42 Å². The highest BCUT2D eigenvalue weighted by molar-refractivity contribution is 5.72. The second kappa shape index (κ2) is 24.5. The summed E-state index contributed by atoms with van der Waals surface area (Å²) in [7, 11) is 3.24. The van der Waals surface area contributed by atoms with Gasteiger partial charge in [-0.2, -0.15) is 0 Å². The summed E-state index contributed by atoms with van der Waals surface area (Å²) in [6.45, 7) is 6.00. The Morgan fingerprint density at radius 3 is 2.24 bits per heavy atom. The molecule has 18 heteroatoms. The van der Waals surface area contributed by atoms with Crippen LogP contribution >= 0.6 is 0 Å². The van der Waals surface area contributed by atoms with Crippen LogP contribution in [0.1, 0.15) is 149 Å². The van der Waals surface area contributed by atoms with Gasteiger partial charge in [0.15, 0.2) is 23.5 Å². The lowest BCUT2D eigenvalue weighted by Crippen LogP contribution is -2.59. The van der Waals surface area contributed by atoms with Crippen molar-refractivity contribution in [2.75, 3.05) is 14.2 Å². The van der Waals surface area contributed by atoms with E-state index in [0.29, 0.717) is 89.9 Å². The minimum absolute atomic E-state index is 0.0151. The lowest BCUT2D eigenvalue weighted by molar-refractivity contribution is -0.414. The van der Waals surface area contributed by atoms with Crippen LogP contribution in [0.15, 0.2) is 24.3 Å². The van der Waals surface area contributed by atoms with E-state index < -0.39 is 109 Å². The Morgan fingerprint density at radius 2 is 1.49 bits per heavy atom. The highest BCUT2D eigenvalue weighted by atomic mass is 16.8. The molecule has 7 heterocycles. The van der Waals surface area contributed by atoms with Gasteiger partial charge < -0.3 is 78.4 Å². The van der Waals surface area contributed by atoms with Gasteiger partial charge in [-0.15, -0.1) is 0 Å². The fraction of sp³-hybridized carbons (Fsp3) is 0.885.